The van der Waals surface area contributed by atoms with Gasteiger partial charge in [0.15, 0.2) is 0 Å². The van der Waals surface area contributed by atoms with Gasteiger partial charge in [-0.2, -0.15) is 0 Å². The molecule has 0 N–H and O–H groups in total. The van der Waals surface area contributed by atoms with Crippen LogP contribution in [0.1, 0.15) is 122 Å². The molecule has 0 saturated heterocycles. The Morgan fingerprint density at radius 1 is 0.958 bits per heavy atom. The monoisotopic (exact) mass is 342 g/mol. The van der Waals surface area contributed by atoms with Gasteiger partial charge in [0.25, 0.3) is 0 Å². The Bertz CT molecular complexity index is 204. The first-order valence-electron chi connectivity index (χ1n) is 10.5. The Morgan fingerprint density at radius 2 is 1.29 bits per heavy atom. The summed E-state index contributed by atoms with van der Waals surface area (Å²) in [6, 6.07) is 0. The Balaban J connectivity index is -0.0000000781. The molecule has 0 nitrogen and oxygen atoms in total. The fourth-order valence-electron chi connectivity index (χ4n) is 2.12. The van der Waals surface area contributed by atoms with Gasteiger partial charge in [0.2, 0.25) is 0 Å². The van der Waals surface area contributed by atoms with Crippen molar-refractivity contribution in [1.29, 1.82) is 0 Å². The highest BCUT2D eigenvalue weighted by Crippen LogP contribution is 2.31. The minimum absolute atomic E-state index is 0.574. The summed E-state index contributed by atoms with van der Waals surface area (Å²) in [5, 5.41) is 0. The van der Waals surface area contributed by atoms with Crippen LogP contribution >= 0.6 is 0 Å². The molecule has 0 radical (unpaired) electrons. The Hall–Kier alpha value is -0.520. The van der Waals surface area contributed by atoms with Crippen LogP contribution in [-0.4, -0.2) is 0 Å². The van der Waals surface area contributed by atoms with Crippen molar-refractivity contribution < 1.29 is 0 Å². The second-order valence-corrected chi connectivity index (χ2v) is 6.50. The van der Waals surface area contributed by atoms with Crippen LogP contribution in [0.25, 0.3) is 0 Å². The highest BCUT2D eigenvalue weighted by Gasteiger charge is 2.18. The predicted molar refractivity (Wildman–Crippen MR) is 121 cm³/mol. The van der Waals surface area contributed by atoms with Gasteiger partial charge >= 0.3 is 0 Å². The first-order chi connectivity index (χ1) is 11.2. The van der Waals surface area contributed by atoms with E-state index in [0.717, 1.165) is 18.8 Å². The van der Waals surface area contributed by atoms with Crippen molar-refractivity contribution in [2.24, 2.45) is 11.3 Å². The van der Waals surface area contributed by atoms with E-state index < -0.39 is 0 Å². The van der Waals surface area contributed by atoms with E-state index in [1.54, 1.807) is 6.08 Å². The summed E-state index contributed by atoms with van der Waals surface area (Å²) in [7, 11) is 0. The quantitative estimate of drug-likeness (QED) is 0.404. The number of hydrogen-bond donors (Lipinski definition) is 0. The average molecular weight is 343 g/mol. The SMILES string of the molecule is C=C(CC)CC.C=CC.CC.CC.CCCC(C)(C)CC(C)CC. The van der Waals surface area contributed by atoms with E-state index >= 15 is 0 Å². The van der Waals surface area contributed by atoms with Crippen LogP contribution in [0, 0.1) is 11.3 Å². The number of allylic oxidation sites excluding steroid dienone is 2. The topological polar surface area (TPSA) is 0 Å². The Morgan fingerprint density at radius 3 is 1.46 bits per heavy atom. The van der Waals surface area contributed by atoms with E-state index in [0.29, 0.717) is 5.41 Å². The molecule has 0 aromatic heterocycles. The molecule has 0 fully saturated rings. The summed E-state index contributed by atoms with van der Waals surface area (Å²) in [6.45, 7) is 33.0. The van der Waals surface area contributed by atoms with Crippen molar-refractivity contribution in [3.8, 4) is 0 Å². The smallest absolute Gasteiger partial charge is 0.0352 e. The fraction of sp³-hybridized carbons (Fsp3) is 0.833. The third-order valence-electron chi connectivity index (χ3n) is 3.52. The molecule has 0 aliphatic heterocycles. The molecule has 0 heteroatoms. The summed E-state index contributed by atoms with van der Waals surface area (Å²) in [4.78, 5) is 0. The summed E-state index contributed by atoms with van der Waals surface area (Å²) in [5.74, 6) is 0.900. The molecule has 1 unspecified atom stereocenters. The van der Waals surface area contributed by atoms with E-state index in [4.69, 9.17) is 0 Å². The molecule has 150 valence electrons. The molecule has 0 rings (SSSR count). The molecule has 0 heterocycles. The van der Waals surface area contributed by atoms with Crippen molar-refractivity contribution in [2.75, 3.05) is 0 Å². The van der Waals surface area contributed by atoms with Gasteiger partial charge in [0.05, 0.1) is 0 Å². The first-order valence-corrected chi connectivity index (χ1v) is 10.5. The summed E-state index contributed by atoms with van der Waals surface area (Å²) < 4.78 is 0. The maximum Gasteiger partial charge on any atom is -0.0352 e. The maximum absolute atomic E-state index is 3.79. The van der Waals surface area contributed by atoms with Gasteiger partial charge in [0.1, 0.15) is 0 Å². The van der Waals surface area contributed by atoms with E-state index in [1.165, 1.54) is 31.3 Å². The van der Waals surface area contributed by atoms with Crippen molar-refractivity contribution >= 4 is 0 Å². The van der Waals surface area contributed by atoms with Gasteiger partial charge in [-0.3, -0.25) is 0 Å². The molecule has 0 spiro atoms. The molecular weight excluding hydrogens is 288 g/mol. The predicted octanol–water partition coefficient (Wildman–Crippen LogP) is 9.86. The third-order valence-corrected chi connectivity index (χ3v) is 3.52. The fourth-order valence-corrected chi connectivity index (χ4v) is 2.12. The second-order valence-electron chi connectivity index (χ2n) is 6.50. The minimum atomic E-state index is 0.574. The third kappa shape index (κ3) is 43.0. The zero-order valence-corrected chi connectivity index (χ0v) is 19.8. The van der Waals surface area contributed by atoms with E-state index in [2.05, 4.69) is 61.6 Å². The lowest BCUT2D eigenvalue weighted by Crippen LogP contribution is -2.14. The van der Waals surface area contributed by atoms with Crippen LogP contribution in [0.5, 0.6) is 0 Å². The molecule has 24 heavy (non-hydrogen) atoms. The summed E-state index contributed by atoms with van der Waals surface area (Å²) in [6.07, 6.45) is 9.43. The standard InChI is InChI=1S/C11H24.C6H12.C3H6.2C2H6/c1-6-8-11(4,5)9-10(3)7-2;1-4-6(3)5-2;1-3-2;2*1-2/h10H,6-9H2,1-5H3;3-5H2,1-2H3;3H,1H2,2H3;2*1-2H3. The highest BCUT2D eigenvalue weighted by molar-refractivity contribution is 4.89. The lowest BCUT2D eigenvalue weighted by Gasteiger charge is -2.27. The molecule has 0 aliphatic carbocycles. The van der Waals surface area contributed by atoms with Gasteiger partial charge in [0, 0.05) is 0 Å². The lowest BCUT2D eigenvalue weighted by atomic mass is 9.79. The minimum Gasteiger partial charge on any atom is -0.103 e. The van der Waals surface area contributed by atoms with Crippen LogP contribution in [0.2, 0.25) is 0 Å². The first kappa shape index (κ1) is 34.7. The van der Waals surface area contributed by atoms with Gasteiger partial charge < -0.3 is 0 Å². The zero-order chi connectivity index (χ0) is 20.6. The number of rotatable bonds is 7. The van der Waals surface area contributed by atoms with Gasteiger partial charge in [-0.1, -0.05) is 107 Å². The molecule has 0 aromatic rings. The van der Waals surface area contributed by atoms with E-state index in [9.17, 15) is 0 Å². The molecule has 1 atom stereocenters. The van der Waals surface area contributed by atoms with Crippen LogP contribution in [0.3, 0.4) is 0 Å². The zero-order valence-electron chi connectivity index (χ0n) is 19.8. The van der Waals surface area contributed by atoms with Crippen LogP contribution in [-0.2, 0) is 0 Å². The highest BCUT2D eigenvalue weighted by atomic mass is 14.2. The van der Waals surface area contributed by atoms with Crippen LogP contribution < -0.4 is 0 Å². The van der Waals surface area contributed by atoms with Crippen molar-refractivity contribution in [1.82, 2.24) is 0 Å². The average Bonchev–Trinajstić information content (AvgIpc) is 2.58. The largest absolute Gasteiger partial charge is 0.103 e. The normalized spacial score (nSPS) is 10.0. The van der Waals surface area contributed by atoms with Crippen LogP contribution in [0.4, 0.5) is 0 Å². The molecule has 0 saturated carbocycles. The Kier molecular flexibility index (Phi) is 44.0. The summed E-state index contributed by atoms with van der Waals surface area (Å²) in [5.41, 5.74) is 1.92. The van der Waals surface area contributed by atoms with Gasteiger partial charge in [-0.25, -0.2) is 0 Å². The van der Waals surface area contributed by atoms with E-state index in [-0.39, 0.29) is 0 Å². The maximum atomic E-state index is 3.79. The molecule has 0 aliphatic rings. The molecule has 0 aromatic carbocycles. The van der Waals surface area contributed by atoms with E-state index in [1.807, 2.05) is 34.6 Å². The van der Waals surface area contributed by atoms with Crippen molar-refractivity contribution in [3.63, 3.8) is 0 Å². The van der Waals surface area contributed by atoms with Crippen molar-refractivity contribution in [2.45, 2.75) is 122 Å². The molecule has 0 bridgehead atoms. The Labute approximate surface area is 158 Å². The lowest BCUT2D eigenvalue weighted by molar-refractivity contribution is 0.251. The van der Waals surface area contributed by atoms with Crippen LogP contribution in [0.15, 0.2) is 24.8 Å². The number of hydrogen-bond acceptors (Lipinski definition) is 0. The van der Waals surface area contributed by atoms with Crippen molar-refractivity contribution in [3.05, 3.63) is 24.8 Å². The molecular formula is C24H54. The molecule has 0 amide bonds. The second kappa shape index (κ2) is 30.4. The van der Waals surface area contributed by atoms with Gasteiger partial charge in [-0.05, 0) is 43.9 Å². The summed E-state index contributed by atoms with van der Waals surface area (Å²) >= 11 is 0. The van der Waals surface area contributed by atoms with Gasteiger partial charge in [-0.15, -0.1) is 6.58 Å².